The lowest BCUT2D eigenvalue weighted by Crippen LogP contribution is -2.51. The summed E-state index contributed by atoms with van der Waals surface area (Å²) in [5.74, 6) is -1.35. The van der Waals surface area contributed by atoms with E-state index in [1.54, 1.807) is 4.90 Å². The summed E-state index contributed by atoms with van der Waals surface area (Å²) >= 11 is 0. The Bertz CT molecular complexity index is 681. The maximum Gasteiger partial charge on any atom is 0.319 e. The quantitative estimate of drug-likeness (QED) is 0.811. The van der Waals surface area contributed by atoms with Gasteiger partial charge in [-0.25, -0.2) is 0 Å². The second kappa shape index (κ2) is 6.26. The number of hydrogen-bond acceptors (Lipinski definition) is 3. The summed E-state index contributed by atoms with van der Waals surface area (Å²) in [4.78, 5) is 37.5. The van der Waals surface area contributed by atoms with Gasteiger partial charge in [0.15, 0.2) is 0 Å². The van der Waals surface area contributed by atoms with Crippen molar-refractivity contribution in [3.8, 4) is 0 Å². The summed E-state index contributed by atoms with van der Waals surface area (Å²) < 4.78 is 0. The number of hydrogen-bond donors (Lipinski definition) is 2. The molecule has 0 radical (unpaired) electrons. The van der Waals surface area contributed by atoms with Crippen LogP contribution >= 0.6 is 0 Å². The maximum atomic E-state index is 12.4. The smallest absolute Gasteiger partial charge is 0.319 e. The minimum Gasteiger partial charge on any atom is -0.480 e. The molecule has 1 heterocycles. The van der Waals surface area contributed by atoms with Crippen molar-refractivity contribution in [3.05, 3.63) is 29.8 Å². The predicted octanol–water partition coefficient (Wildman–Crippen LogP) is 2.25. The van der Waals surface area contributed by atoms with Crippen LogP contribution in [-0.2, 0) is 14.4 Å². The van der Waals surface area contributed by atoms with Crippen molar-refractivity contribution < 1.29 is 19.5 Å². The summed E-state index contributed by atoms with van der Waals surface area (Å²) in [6, 6.07) is 7.19. The van der Waals surface area contributed by atoms with Gasteiger partial charge in [0.1, 0.15) is 5.41 Å². The molecule has 2 fully saturated rings. The van der Waals surface area contributed by atoms with E-state index >= 15 is 0 Å². The average molecular weight is 330 g/mol. The number of carboxylic acids is 1. The molecule has 1 aliphatic carbocycles. The van der Waals surface area contributed by atoms with Crippen molar-refractivity contribution >= 4 is 23.5 Å². The van der Waals surface area contributed by atoms with Crippen LogP contribution in [0.2, 0.25) is 0 Å². The number of amides is 2. The third-order valence-electron chi connectivity index (χ3n) is 5.15. The number of carboxylic acid groups (broad SMARTS) is 1. The fourth-order valence-corrected chi connectivity index (χ4v) is 3.37. The number of nitrogens with one attached hydrogen (secondary N) is 1. The van der Waals surface area contributed by atoms with E-state index in [0.717, 1.165) is 24.1 Å². The Hall–Kier alpha value is -2.37. The Balaban J connectivity index is 1.73. The monoisotopic (exact) mass is 330 g/mol. The van der Waals surface area contributed by atoms with Gasteiger partial charge >= 0.3 is 5.97 Å². The SMILES string of the molecule is CC(NC(=O)C1(C(=O)O)CCC1)c1cccc(N2CCCC2=O)c1. The number of rotatable bonds is 5. The van der Waals surface area contributed by atoms with E-state index in [2.05, 4.69) is 5.32 Å². The predicted molar refractivity (Wildman–Crippen MR) is 88.5 cm³/mol. The Morgan fingerprint density at radius 2 is 2.04 bits per heavy atom. The molecule has 3 rings (SSSR count). The van der Waals surface area contributed by atoms with Crippen molar-refractivity contribution in [1.29, 1.82) is 0 Å². The summed E-state index contributed by atoms with van der Waals surface area (Å²) in [5, 5.41) is 12.2. The van der Waals surface area contributed by atoms with Crippen LogP contribution in [0, 0.1) is 5.41 Å². The van der Waals surface area contributed by atoms with E-state index in [0.29, 0.717) is 25.8 Å². The third-order valence-corrected chi connectivity index (χ3v) is 5.15. The molecule has 0 bridgehead atoms. The molecule has 1 saturated carbocycles. The summed E-state index contributed by atoms with van der Waals surface area (Å²) in [6.45, 7) is 2.54. The van der Waals surface area contributed by atoms with E-state index < -0.39 is 17.3 Å². The van der Waals surface area contributed by atoms with E-state index in [1.807, 2.05) is 31.2 Å². The summed E-state index contributed by atoms with van der Waals surface area (Å²) in [7, 11) is 0. The molecule has 1 aromatic rings. The van der Waals surface area contributed by atoms with Gasteiger partial charge in [0.05, 0.1) is 6.04 Å². The fraction of sp³-hybridized carbons (Fsp3) is 0.500. The van der Waals surface area contributed by atoms with Crippen molar-refractivity contribution in [2.24, 2.45) is 5.41 Å². The molecule has 6 nitrogen and oxygen atoms in total. The first-order chi connectivity index (χ1) is 11.4. The maximum absolute atomic E-state index is 12.4. The Kier molecular flexibility index (Phi) is 4.30. The first-order valence-electron chi connectivity index (χ1n) is 8.39. The van der Waals surface area contributed by atoms with Gasteiger partial charge in [-0.2, -0.15) is 0 Å². The molecular weight excluding hydrogens is 308 g/mol. The highest BCUT2D eigenvalue weighted by Crippen LogP contribution is 2.42. The Morgan fingerprint density at radius 3 is 2.58 bits per heavy atom. The lowest BCUT2D eigenvalue weighted by molar-refractivity contribution is -0.162. The van der Waals surface area contributed by atoms with Gasteiger partial charge in [-0.15, -0.1) is 0 Å². The van der Waals surface area contributed by atoms with E-state index in [9.17, 15) is 19.5 Å². The van der Waals surface area contributed by atoms with Crippen LogP contribution in [0.25, 0.3) is 0 Å². The Morgan fingerprint density at radius 1 is 1.29 bits per heavy atom. The highest BCUT2D eigenvalue weighted by Gasteiger charge is 2.51. The van der Waals surface area contributed by atoms with Crippen molar-refractivity contribution in [1.82, 2.24) is 5.32 Å². The first-order valence-corrected chi connectivity index (χ1v) is 8.39. The largest absolute Gasteiger partial charge is 0.480 e. The first kappa shape index (κ1) is 16.5. The number of anilines is 1. The molecule has 128 valence electrons. The van der Waals surface area contributed by atoms with Gasteiger partial charge in [0.25, 0.3) is 0 Å². The zero-order valence-corrected chi connectivity index (χ0v) is 13.7. The van der Waals surface area contributed by atoms with Crippen LogP contribution < -0.4 is 10.2 Å². The molecule has 2 amide bonds. The van der Waals surface area contributed by atoms with Crippen molar-refractivity contribution in [3.63, 3.8) is 0 Å². The van der Waals surface area contributed by atoms with E-state index in [4.69, 9.17) is 0 Å². The molecule has 0 aromatic heterocycles. The van der Waals surface area contributed by atoms with Crippen molar-refractivity contribution in [2.75, 3.05) is 11.4 Å². The molecule has 0 spiro atoms. The molecule has 1 saturated heterocycles. The van der Waals surface area contributed by atoms with Gasteiger partial charge < -0.3 is 15.3 Å². The number of aliphatic carboxylic acids is 1. The van der Waals surface area contributed by atoms with Crippen LogP contribution in [0.5, 0.6) is 0 Å². The highest BCUT2D eigenvalue weighted by atomic mass is 16.4. The summed E-state index contributed by atoms with van der Waals surface area (Å²) in [6.07, 6.45) is 2.97. The zero-order valence-electron chi connectivity index (χ0n) is 13.7. The highest BCUT2D eigenvalue weighted by molar-refractivity contribution is 6.03. The van der Waals surface area contributed by atoms with Crippen LogP contribution in [-0.4, -0.2) is 29.4 Å². The second-order valence-electron chi connectivity index (χ2n) is 6.68. The molecule has 2 aliphatic rings. The van der Waals surface area contributed by atoms with Gasteiger partial charge in [0.2, 0.25) is 11.8 Å². The van der Waals surface area contributed by atoms with Crippen LogP contribution in [0.3, 0.4) is 0 Å². The molecular formula is C18H22N2O4. The topological polar surface area (TPSA) is 86.7 Å². The van der Waals surface area contributed by atoms with Crippen LogP contribution in [0.4, 0.5) is 5.69 Å². The lowest BCUT2D eigenvalue weighted by Gasteiger charge is -2.36. The minimum atomic E-state index is -1.27. The molecule has 1 unspecified atom stereocenters. The number of carbonyl (C=O) groups excluding carboxylic acids is 2. The van der Waals surface area contributed by atoms with Crippen LogP contribution in [0.1, 0.15) is 50.6 Å². The molecule has 1 aromatic carbocycles. The van der Waals surface area contributed by atoms with Gasteiger partial charge in [-0.1, -0.05) is 18.6 Å². The minimum absolute atomic E-state index is 0.114. The average Bonchev–Trinajstić information content (AvgIpc) is 2.92. The van der Waals surface area contributed by atoms with E-state index in [-0.39, 0.29) is 11.9 Å². The van der Waals surface area contributed by atoms with Gasteiger partial charge in [0, 0.05) is 18.7 Å². The summed E-state index contributed by atoms with van der Waals surface area (Å²) in [5.41, 5.74) is 0.421. The van der Waals surface area contributed by atoms with Gasteiger partial charge in [-0.05, 0) is 43.9 Å². The Labute approximate surface area is 140 Å². The van der Waals surface area contributed by atoms with E-state index in [1.165, 1.54) is 0 Å². The lowest BCUT2D eigenvalue weighted by atomic mass is 9.68. The standard InChI is InChI=1S/C18H22N2O4/c1-12(19-16(22)18(17(23)24)8-4-9-18)13-5-2-6-14(11-13)20-10-3-7-15(20)21/h2,5-6,11-12H,3-4,7-10H2,1H3,(H,19,22)(H,23,24). The third kappa shape index (κ3) is 2.77. The van der Waals surface area contributed by atoms with Crippen molar-refractivity contribution in [2.45, 2.75) is 45.1 Å². The molecule has 2 N–H and O–H groups in total. The number of carbonyl (C=O) groups is 3. The van der Waals surface area contributed by atoms with Crippen LogP contribution in [0.15, 0.2) is 24.3 Å². The zero-order chi connectivity index (χ0) is 17.3. The molecule has 6 heteroatoms. The molecule has 24 heavy (non-hydrogen) atoms. The molecule has 1 aliphatic heterocycles. The molecule has 1 atom stereocenters. The fourth-order valence-electron chi connectivity index (χ4n) is 3.37. The second-order valence-corrected chi connectivity index (χ2v) is 6.68. The normalized spacial score (nSPS) is 20.4. The van der Waals surface area contributed by atoms with Gasteiger partial charge in [-0.3, -0.25) is 14.4 Å². The number of nitrogens with zero attached hydrogens (tertiary/aromatic N) is 1. The number of benzene rings is 1.